The first kappa shape index (κ1) is 10.2. The van der Waals surface area contributed by atoms with Crippen molar-refractivity contribution < 1.29 is 14.6 Å². The Balaban J connectivity index is 2.17. The van der Waals surface area contributed by atoms with Crippen LogP contribution in [-0.4, -0.2) is 10.2 Å². The zero-order valence-corrected chi connectivity index (χ0v) is 9.78. The highest BCUT2D eigenvalue weighted by atomic mass is 19.1. The van der Waals surface area contributed by atoms with Crippen LogP contribution >= 0.6 is 0 Å². The van der Waals surface area contributed by atoms with Crippen molar-refractivity contribution in [3.8, 4) is 11.5 Å². The fourth-order valence-corrected chi connectivity index (χ4v) is 3.80. The Morgan fingerprint density at radius 2 is 1.56 bits per heavy atom. The minimum Gasteiger partial charge on any atom is -0.507 e. The zero-order chi connectivity index (χ0) is 12.4. The molecule has 2 aliphatic rings. The number of phenols is 2. The molecule has 2 bridgehead atoms. The molecule has 0 heterocycles. The molecule has 2 aromatic carbocycles. The number of halogens is 1. The number of aromatic hydroxyl groups is 2. The molecule has 2 nitrogen and oxygen atoms in total. The van der Waals surface area contributed by atoms with E-state index in [1.807, 2.05) is 0 Å². The van der Waals surface area contributed by atoms with E-state index in [0.717, 1.165) is 30.4 Å². The van der Waals surface area contributed by atoms with Crippen LogP contribution in [0.25, 0.3) is 10.8 Å². The van der Waals surface area contributed by atoms with E-state index < -0.39 is 0 Å². The van der Waals surface area contributed by atoms with Crippen molar-refractivity contribution in [2.24, 2.45) is 0 Å². The second kappa shape index (κ2) is 3.16. The van der Waals surface area contributed by atoms with Gasteiger partial charge in [-0.15, -0.1) is 0 Å². The normalized spacial score (nSPS) is 24.7. The molecular formula is C15H13FO2. The minimum absolute atomic E-state index is 0.171. The quantitative estimate of drug-likeness (QED) is 0.693. The number of fused-ring (bicyclic) bond motifs is 6. The van der Waals surface area contributed by atoms with Crippen LogP contribution in [0.1, 0.15) is 42.2 Å². The molecule has 0 amide bonds. The van der Waals surface area contributed by atoms with Crippen molar-refractivity contribution in [3.63, 3.8) is 0 Å². The van der Waals surface area contributed by atoms with Gasteiger partial charge in [0.1, 0.15) is 17.3 Å². The third-order valence-corrected chi connectivity index (χ3v) is 4.54. The highest BCUT2D eigenvalue weighted by Crippen LogP contribution is 2.60. The molecule has 2 unspecified atom stereocenters. The van der Waals surface area contributed by atoms with Crippen LogP contribution in [0.5, 0.6) is 11.5 Å². The standard InChI is InChI=1S/C15H13FO2/c16-9-3-4-10-11(6-9)15(18)13-8-2-1-7(5-8)12(13)14(10)17/h3-4,6-8,17-18H,1-2,5H2. The largest absolute Gasteiger partial charge is 0.507 e. The third-order valence-electron chi connectivity index (χ3n) is 4.54. The number of benzene rings is 2. The topological polar surface area (TPSA) is 40.5 Å². The van der Waals surface area contributed by atoms with E-state index in [0.29, 0.717) is 22.6 Å². The van der Waals surface area contributed by atoms with Gasteiger partial charge in [-0.3, -0.25) is 0 Å². The summed E-state index contributed by atoms with van der Waals surface area (Å²) in [7, 11) is 0. The van der Waals surface area contributed by atoms with Crippen LogP contribution in [0.15, 0.2) is 18.2 Å². The lowest BCUT2D eigenvalue weighted by Crippen LogP contribution is -2.00. The smallest absolute Gasteiger partial charge is 0.127 e. The van der Waals surface area contributed by atoms with Crippen LogP contribution < -0.4 is 0 Å². The van der Waals surface area contributed by atoms with Gasteiger partial charge < -0.3 is 10.2 Å². The Morgan fingerprint density at radius 1 is 0.944 bits per heavy atom. The third kappa shape index (κ3) is 1.07. The molecule has 0 radical (unpaired) electrons. The summed E-state index contributed by atoms with van der Waals surface area (Å²) in [5.74, 6) is 0.726. The van der Waals surface area contributed by atoms with Crippen LogP contribution in [0.4, 0.5) is 4.39 Å². The van der Waals surface area contributed by atoms with Crippen LogP contribution in [-0.2, 0) is 0 Å². The summed E-state index contributed by atoms with van der Waals surface area (Å²) in [5.41, 5.74) is 1.77. The van der Waals surface area contributed by atoms with Crippen molar-refractivity contribution in [1.82, 2.24) is 0 Å². The highest BCUT2D eigenvalue weighted by molar-refractivity contribution is 5.96. The molecule has 0 aromatic heterocycles. The monoisotopic (exact) mass is 244 g/mol. The molecule has 92 valence electrons. The summed E-state index contributed by atoms with van der Waals surface area (Å²) in [6.45, 7) is 0. The molecule has 3 heteroatoms. The van der Waals surface area contributed by atoms with Crippen molar-refractivity contribution in [1.29, 1.82) is 0 Å². The second-order valence-corrected chi connectivity index (χ2v) is 5.42. The van der Waals surface area contributed by atoms with Gasteiger partial charge in [0.05, 0.1) is 0 Å². The first-order chi connectivity index (χ1) is 8.66. The van der Waals surface area contributed by atoms with E-state index in [1.54, 1.807) is 6.07 Å². The van der Waals surface area contributed by atoms with E-state index >= 15 is 0 Å². The molecule has 0 aliphatic heterocycles. The predicted molar refractivity (Wildman–Crippen MR) is 66.6 cm³/mol. The van der Waals surface area contributed by atoms with Crippen molar-refractivity contribution in [2.45, 2.75) is 31.1 Å². The first-order valence-corrected chi connectivity index (χ1v) is 6.33. The number of hydrogen-bond donors (Lipinski definition) is 2. The predicted octanol–water partition coefficient (Wildman–Crippen LogP) is 3.75. The van der Waals surface area contributed by atoms with E-state index in [9.17, 15) is 14.6 Å². The number of phenolic OH excluding ortho intramolecular Hbond substituents is 2. The van der Waals surface area contributed by atoms with E-state index in [1.165, 1.54) is 12.1 Å². The number of rotatable bonds is 0. The second-order valence-electron chi connectivity index (χ2n) is 5.42. The number of hydrogen-bond acceptors (Lipinski definition) is 2. The van der Waals surface area contributed by atoms with Crippen LogP contribution in [0, 0.1) is 5.82 Å². The summed E-state index contributed by atoms with van der Waals surface area (Å²) in [6, 6.07) is 4.17. The summed E-state index contributed by atoms with van der Waals surface area (Å²) < 4.78 is 13.3. The van der Waals surface area contributed by atoms with Crippen LogP contribution in [0.2, 0.25) is 0 Å². The average molecular weight is 244 g/mol. The van der Waals surface area contributed by atoms with Gasteiger partial charge in [-0.25, -0.2) is 4.39 Å². The van der Waals surface area contributed by atoms with E-state index in [2.05, 4.69) is 0 Å². The average Bonchev–Trinajstić information content (AvgIpc) is 2.96. The summed E-state index contributed by atoms with van der Waals surface area (Å²) in [5, 5.41) is 21.7. The maximum Gasteiger partial charge on any atom is 0.127 e. The Bertz CT molecular complexity index is 678. The molecule has 2 aromatic rings. The van der Waals surface area contributed by atoms with Gasteiger partial charge in [0.2, 0.25) is 0 Å². The van der Waals surface area contributed by atoms with E-state index in [4.69, 9.17) is 0 Å². The highest BCUT2D eigenvalue weighted by Gasteiger charge is 2.41. The lowest BCUT2D eigenvalue weighted by atomic mass is 9.87. The molecule has 0 saturated heterocycles. The molecule has 2 N–H and O–H groups in total. The van der Waals surface area contributed by atoms with Crippen molar-refractivity contribution in [3.05, 3.63) is 35.1 Å². The van der Waals surface area contributed by atoms with Gasteiger partial charge in [-0.2, -0.15) is 0 Å². The maximum absolute atomic E-state index is 13.3. The molecule has 0 spiro atoms. The van der Waals surface area contributed by atoms with E-state index in [-0.39, 0.29) is 17.3 Å². The Hall–Kier alpha value is -1.77. The Labute approximate surface area is 104 Å². The molecule has 2 aliphatic carbocycles. The van der Waals surface area contributed by atoms with Gasteiger partial charge in [0.25, 0.3) is 0 Å². The lowest BCUT2D eigenvalue weighted by Gasteiger charge is -2.20. The van der Waals surface area contributed by atoms with Gasteiger partial charge >= 0.3 is 0 Å². The van der Waals surface area contributed by atoms with Gasteiger partial charge in [-0.05, 0) is 49.3 Å². The molecule has 18 heavy (non-hydrogen) atoms. The SMILES string of the molecule is Oc1c2c(c(O)c3cc(F)ccc13)C1CCC2C1. The molecule has 1 saturated carbocycles. The van der Waals surface area contributed by atoms with Crippen LogP contribution in [0.3, 0.4) is 0 Å². The fourth-order valence-electron chi connectivity index (χ4n) is 3.80. The first-order valence-electron chi connectivity index (χ1n) is 6.33. The summed E-state index contributed by atoms with van der Waals surface area (Å²) in [6.07, 6.45) is 3.15. The minimum atomic E-state index is -0.389. The van der Waals surface area contributed by atoms with Gasteiger partial charge in [0.15, 0.2) is 0 Å². The lowest BCUT2D eigenvalue weighted by molar-refractivity contribution is 0.451. The van der Waals surface area contributed by atoms with Gasteiger partial charge in [0, 0.05) is 21.9 Å². The van der Waals surface area contributed by atoms with Crippen molar-refractivity contribution in [2.75, 3.05) is 0 Å². The molecular weight excluding hydrogens is 231 g/mol. The Morgan fingerprint density at radius 3 is 2.22 bits per heavy atom. The molecule has 2 atom stereocenters. The Kier molecular flexibility index (Phi) is 1.79. The fraction of sp³-hybridized carbons (Fsp3) is 0.333. The maximum atomic E-state index is 13.3. The summed E-state index contributed by atoms with van der Waals surface area (Å²) >= 11 is 0. The van der Waals surface area contributed by atoms with Gasteiger partial charge in [-0.1, -0.05) is 0 Å². The van der Waals surface area contributed by atoms with Crippen molar-refractivity contribution >= 4 is 10.8 Å². The molecule has 4 rings (SSSR count). The summed E-state index contributed by atoms with van der Waals surface area (Å²) in [4.78, 5) is 0. The molecule has 1 fully saturated rings. The zero-order valence-electron chi connectivity index (χ0n) is 9.78.